The molecule has 10 rings (SSSR count). The van der Waals surface area contributed by atoms with Crippen molar-refractivity contribution in [3.63, 3.8) is 0 Å². The summed E-state index contributed by atoms with van der Waals surface area (Å²) in [6, 6.07) is 53.6. The Morgan fingerprint density at radius 1 is 0.409 bits per heavy atom. The van der Waals surface area contributed by atoms with Gasteiger partial charge in [0.2, 0.25) is 0 Å². The van der Waals surface area contributed by atoms with Crippen molar-refractivity contribution in [3.8, 4) is 56.2 Å². The average molecular weight is 575 g/mol. The monoisotopic (exact) mass is 574 g/mol. The van der Waals surface area contributed by atoms with Crippen LogP contribution in [-0.4, -0.2) is 18.0 Å². The third-order valence-corrected chi connectivity index (χ3v) is 14.9. The summed E-state index contributed by atoms with van der Waals surface area (Å²) in [7, 11) is -2.44. The van der Waals surface area contributed by atoms with Crippen LogP contribution in [0.2, 0.25) is 0 Å². The van der Waals surface area contributed by atoms with Gasteiger partial charge in [0.05, 0.1) is 11.4 Å². The van der Waals surface area contributed by atoms with Crippen molar-refractivity contribution in [2.24, 2.45) is 0 Å². The van der Waals surface area contributed by atoms with Crippen LogP contribution in [0.5, 0.6) is 0 Å². The molecule has 0 unspecified atom stereocenters. The van der Waals surface area contributed by atoms with E-state index < -0.39 is 8.07 Å². The summed E-state index contributed by atoms with van der Waals surface area (Å²) in [4.78, 5) is 10.6. The number of rotatable bonds is 2. The van der Waals surface area contributed by atoms with Crippen LogP contribution in [0.1, 0.15) is 11.1 Å². The molecule has 3 heterocycles. The van der Waals surface area contributed by atoms with E-state index in [4.69, 9.17) is 9.97 Å². The van der Waals surface area contributed by atoms with E-state index in [0.29, 0.717) is 0 Å². The van der Waals surface area contributed by atoms with E-state index in [9.17, 15) is 0 Å². The molecule has 6 aromatic carbocycles. The lowest BCUT2D eigenvalue weighted by molar-refractivity contribution is 1.13. The highest BCUT2D eigenvalue weighted by molar-refractivity contribution is 7.24. The predicted molar refractivity (Wildman–Crippen MR) is 183 cm³/mol. The quantitative estimate of drug-likeness (QED) is 0.214. The number of fused-ring (bicyclic) bond motifs is 13. The number of aromatic nitrogens is 2. The molecule has 0 fully saturated rings. The molecule has 2 aliphatic heterocycles. The second-order valence-corrected chi connectivity index (χ2v) is 15.7. The van der Waals surface area contributed by atoms with Gasteiger partial charge in [-0.15, -0.1) is 0 Å². The molecule has 3 heteroatoms. The number of hydrogen-bond donors (Lipinski definition) is 0. The summed E-state index contributed by atoms with van der Waals surface area (Å²) in [5.74, 6) is 0.787. The summed E-state index contributed by atoms with van der Waals surface area (Å²) in [6.45, 7) is 0. The molecule has 0 amide bonds. The van der Waals surface area contributed by atoms with Crippen LogP contribution in [0, 0.1) is 0 Å². The van der Waals surface area contributed by atoms with Crippen molar-refractivity contribution in [1.82, 2.24) is 9.97 Å². The zero-order valence-electron chi connectivity index (χ0n) is 24.0. The van der Waals surface area contributed by atoms with Crippen molar-refractivity contribution in [2.75, 3.05) is 0 Å². The van der Waals surface area contributed by atoms with Gasteiger partial charge in [0, 0.05) is 28.7 Å². The summed E-state index contributed by atoms with van der Waals surface area (Å²) >= 11 is 0. The van der Waals surface area contributed by atoms with Gasteiger partial charge in [0.25, 0.3) is 0 Å². The lowest BCUT2D eigenvalue weighted by atomic mass is 10.0. The number of nitrogens with zero attached hydrogens (tertiary/aromatic N) is 2. The van der Waals surface area contributed by atoms with E-state index >= 15 is 0 Å². The maximum absolute atomic E-state index is 5.31. The topological polar surface area (TPSA) is 25.8 Å². The van der Waals surface area contributed by atoms with Crippen molar-refractivity contribution in [1.29, 1.82) is 0 Å². The molecule has 44 heavy (non-hydrogen) atoms. The van der Waals surface area contributed by atoms with E-state index in [-0.39, 0.29) is 0 Å². The van der Waals surface area contributed by atoms with Crippen LogP contribution in [0.25, 0.3) is 56.2 Å². The van der Waals surface area contributed by atoms with Gasteiger partial charge in [0.1, 0.15) is 0 Å². The van der Waals surface area contributed by atoms with Crippen LogP contribution < -0.4 is 20.7 Å². The zero-order chi connectivity index (χ0) is 28.8. The Balaban J connectivity index is 1.24. The summed E-state index contributed by atoms with van der Waals surface area (Å²) in [6.07, 6.45) is 0.862. The first-order valence-electron chi connectivity index (χ1n) is 15.3. The number of hydrogen-bond acceptors (Lipinski definition) is 2. The van der Waals surface area contributed by atoms with E-state index in [0.717, 1.165) is 34.8 Å². The highest BCUT2D eigenvalue weighted by Gasteiger charge is 2.53. The molecule has 0 saturated carbocycles. The van der Waals surface area contributed by atoms with Gasteiger partial charge >= 0.3 is 0 Å². The minimum Gasteiger partial charge on any atom is -0.228 e. The van der Waals surface area contributed by atoms with E-state index in [2.05, 4.69) is 146 Å². The van der Waals surface area contributed by atoms with E-state index in [1.165, 1.54) is 59.7 Å². The fraction of sp³-hybridized carbons (Fsp3) is 0.0244. The van der Waals surface area contributed by atoms with Gasteiger partial charge in [0.15, 0.2) is 13.9 Å². The molecular weight excluding hydrogens is 549 g/mol. The van der Waals surface area contributed by atoms with Crippen LogP contribution in [0.15, 0.2) is 146 Å². The fourth-order valence-corrected chi connectivity index (χ4v) is 13.8. The molecule has 204 valence electrons. The maximum atomic E-state index is 5.31. The largest absolute Gasteiger partial charge is 0.228 e. The molecule has 1 spiro atoms. The third kappa shape index (κ3) is 3.04. The second-order valence-electron chi connectivity index (χ2n) is 12.1. The van der Waals surface area contributed by atoms with Crippen LogP contribution in [0.3, 0.4) is 0 Å². The lowest BCUT2D eigenvalue weighted by Crippen LogP contribution is -2.70. The highest BCUT2D eigenvalue weighted by Crippen LogP contribution is 2.42. The van der Waals surface area contributed by atoms with Gasteiger partial charge in [-0.25, -0.2) is 9.97 Å². The second kappa shape index (κ2) is 8.82. The third-order valence-electron chi connectivity index (χ3n) is 9.95. The minimum atomic E-state index is -2.44. The standard InChI is InChI=1S/C41H26N2Si/c1-2-12-26(13-3-1)39-34-24-27-14-4-5-15-29(27)40(34)43-41(42-39)28-22-23-38-33(25-28)32-18-8-11-21-37(32)44(38)35-19-9-6-16-30(35)31-17-7-10-20-36(31)44/h1-23,25H,24H2. The molecule has 3 aliphatic rings. The maximum Gasteiger partial charge on any atom is 0.182 e. The number of benzene rings is 6. The van der Waals surface area contributed by atoms with Gasteiger partial charge < -0.3 is 0 Å². The Bertz CT molecular complexity index is 2280. The fourth-order valence-electron chi connectivity index (χ4n) is 8.17. The molecular formula is C41H26N2Si. The summed E-state index contributed by atoms with van der Waals surface area (Å²) < 4.78 is 0. The summed E-state index contributed by atoms with van der Waals surface area (Å²) in [5.41, 5.74) is 13.5. The zero-order valence-corrected chi connectivity index (χ0v) is 25.0. The molecule has 0 saturated heterocycles. The van der Waals surface area contributed by atoms with E-state index in [1.54, 1.807) is 0 Å². The van der Waals surface area contributed by atoms with E-state index in [1.807, 2.05) is 0 Å². The molecule has 0 N–H and O–H groups in total. The van der Waals surface area contributed by atoms with Gasteiger partial charge in [-0.2, -0.15) is 0 Å². The molecule has 7 aromatic rings. The molecule has 0 radical (unpaired) electrons. The normalized spacial score (nSPS) is 14.0. The smallest absolute Gasteiger partial charge is 0.182 e. The Morgan fingerprint density at radius 3 is 1.61 bits per heavy atom. The minimum absolute atomic E-state index is 0.787. The Hall–Kier alpha value is -5.38. The predicted octanol–water partition coefficient (Wildman–Crippen LogP) is 6.72. The van der Waals surface area contributed by atoms with Crippen LogP contribution >= 0.6 is 0 Å². The first kappa shape index (κ1) is 24.1. The van der Waals surface area contributed by atoms with Crippen molar-refractivity contribution in [3.05, 3.63) is 157 Å². The molecule has 1 aromatic heterocycles. The van der Waals surface area contributed by atoms with Crippen LogP contribution in [-0.2, 0) is 6.42 Å². The lowest BCUT2D eigenvalue weighted by Gasteiger charge is -2.27. The van der Waals surface area contributed by atoms with Gasteiger partial charge in [-0.3, -0.25) is 0 Å². The Labute approximate surface area is 257 Å². The Kier molecular flexibility index (Phi) is 4.83. The molecule has 1 aliphatic carbocycles. The van der Waals surface area contributed by atoms with Gasteiger partial charge in [-0.1, -0.05) is 140 Å². The van der Waals surface area contributed by atoms with Gasteiger partial charge in [-0.05, 0) is 54.6 Å². The van der Waals surface area contributed by atoms with Crippen molar-refractivity contribution < 1.29 is 0 Å². The van der Waals surface area contributed by atoms with Crippen molar-refractivity contribution >= 4 is 28.8 Å². The average Bonchev–Trinajstić information content (AvgIpc) is 3.72. The van der Waals surface area contributed by atoms with Crippen molar-refractivity contribution in [2.45, 2.75) is 6.42 Å². The summed E-state index contributed by atoms with van der Waals surface area (Å²) in [5, 5.41) is 5.95. The van der Waals surface area contributed by atoms with Crippen LogP contribution in [0.4, 0.5) is 0 Å². The molecule has 0 atom stereocenters. The first-order valence-corrected chi connectivity index (χ1v) is 17.3. The Morgan fingerprint density at radius 2 is 0.932 bits per heavy atom. The molecule has 2 nitrogen and oxygen atoms in total. The SMILES string of the molecule is c1ccc(-c2nc(-c3ccc4c(c3)-c3ccccc3[Si]43c4ccccc4-c4ccccc43)nc3c2Cc2ccccc2-3)cc1. The first-order chi connectivity index (χ1) is 21.8. The highest BCUT2D eigenvalue weighted by atomic mass is 28.3. The molecule has 0 bridgehead atoms.